The first-order valence-corrected chi connectivity index (χ1v) is 8.69. The third-order valence-corrected chi connectivity index (χ3v) is 5.31. The quantitative estimate of drug-likeness (QED) is 0.921. The Bertz CT molecular complexity index is 768. The molecule has 0 bridgehead atoms. The van der Waals surface area contributed by atoms with Crippen LogP contribution in [0.1, 0.15) is 17.5 Å². The maximum Gasteiger partial charge on any atom is 0.225 e. The van der Waals surface area contributed by atoms with Crippen molar-refractivity contribution in [2.24, 2.45) is 0 Å². The van der Waals surface area contributed by atoms with Gasteiger partial charge in [-0.15, -0.1) is 0 Å². The molecule has 1 N–H and O–H groups in total. The lowest BCUT2D eigenvalue weighted by molar-refractivity contribution is -0.115. The second-order valence-corrected chi connectivity index (χ2v) is 7.29. The van der Waals surface area contributed by atoms with Gasteiger partial charge in [-0.25, -0.2) is 8.42 Å². The number of benzene rings is 2. The summed E-state index contributed by atoms with van der Waals surface area (Å²) >= 11 is 0. The Morgan fingerprint density at radius 1 is 1.00 bits per heavy atom. The van der Waals surface area contributed by atoms with Gasteiger partial charge < -0.3 is 5.32 Å². The van der Waals surface area contributed by atoms with Crippen molar-refractivity contribution in [1.29, 1.82) is 0 Å². The molecule has 0 heterocycles. The van der Waals surface area contributed by atoms with Gasteiger partial charge >= 0.3 is 0 Å². The van der Waals surface area contributed by atoms with Crippen molar-refractivity contribution in [3.05, 3.63) is 59.7 Å². The molecule has 0 saturated carbocycles. The van der Waals surface area contributed by atoms with E-state index in [0.717, 1.165) is 16.8 Å². The highest BCUT2D eigenvalue weighted by Crippen LogP contribution is 2.18. The average molecular weight is 317 g/mol. The smallest absolute Gasteiger partial charge is 0.225 e. The van der Waals surface area contributed by atoms with E-state index >= 15 is 0 Å². The Kier molecular flexibility index (Phi) is 4.98. The topological polar surface area (TPSA) is 63.2 Å². The van der Waals surface area contributed by atoms with Gasteiger partial charge in [-0.3, -0.25) is 4.79 Å². The van der Waals surface area contributed by atoms with E-state index in [1.165, 1.54) is 12.1 Å². The number of rotatable bonds is 5. The number of carbonyl (C=O) groups excluding carboxylic acids is 1. The molecular formula is C17H19NO3S. The highest BCUT2D eigenvalue weighted by Gasteiger charge is 2.16. The normalized spacial score (nSPS) is 11.2. The van der Waals surface area contributed by atoms with Gasteiger partial charge in [0.15, 0.2) is 9.84 Å². The second-order valence-electron chi connectivity index (χ2n) is 5.18. The van der Waals surface area contributed by atoms with Crippen molar-refractivity contribution in [3.8, 4) is 0 Å². The van der Waals surface area contributed by atoms with E-state index in [-0.39, 0.29) is 23.0 Å². The minimum absolute atomic E-state index is 0.0649. The van der Waals surface area contributed by atoms with Gasteiger partial charge in [0.2, 0.25) is 5.91 Å². The maximum absolute atomic E-state index is 12.1. The van der Waals surface area contributed by atoms with Gasteiger partial charge in [-0.05, 0) is 43.2 Å². The maximum atomic E-state index is 12.1. The number of amides is 1. The molecule has 4 nitrogen and oxygen atoms in total. The van der Waals surface area contributed by atoms with E-state index < -0.39 is 9.84 Å². The first kappa shape index (κ1) is 16.2. The molecule has 0 fully saturated rings. The third-order valence-electron chi connectivity index (χ3n) is 3.58. The number of sulfone groups is 1. The molecule has 0 spiro atoms. The third kappa shape index (κ3) is 3.95. The standard InChI is InChI=1S/C17H19NO3S/c1-13-7-6-10-16(14(13)2)18-17(19)11-12-22(20,21)15-8-4-3-5-9-15/h3-10H,11-12H2,1-2H3,(H,18,19). The van der Waals surface area contributed by atoms with Crippen LogP contribution in [0.25, 0.3) is 0 Å². The van der Waals surface area contributed by atoms with Crippen molar-refractivity contribution >= 4 is 21.4 Å². The summed E-state index contributed by atoms with van der Waals surface area (Å²) in [5.74, 6) is -0.499. The van der Waals surface area contributed by atoms with Gasteiger partial charge in [0, 0.05) is 12.1 Å². The van der Waals surface area contributed by atoms with Crippen LogP contribution < -0.4 is 5.32 Å². The fraction of sp³-hybridized carbons (Fsp3) is 0.235. The van der Waals surface area contributed by atoms with Crippen molar-refractivity contribution in [2.75, 3.05) is 11.1 Å². The molecular weight excluding hydrogens is 298 g/mol. The molecule has 0 radical (unpaired) electrons. The summed E-state index contributed by atoms with van der Waals surface area (Å²) in [5.41, 5.74) is 2.79. The van der Waals surface area contributed by atoms with E-state index in [9.17, 15) is 13.2 Å². The molecule has 0 unspecified atom stereocenters. The van der Waals surface area contributed by atoms with Crippen molar-refractivity contribution in [3.63, 3.8) is 0 Å². The largest absolute Gasteiger partial charge is 0.326 e. The Morgan fingerprint density at radius 3 is 2.36 bits per heavy atom. The van der Waals surface area contributed by atoms with E-state index in [1.54, 1.807) is 18.2 Å². The molecule has 0 atom stereocenters. The number of aryl methyl sites for hydroxylation is 1. The second kappa shape index (κ2) is 6.75. The van der Waals surface area contributed by atoms with Gasteiger partial charge in [-0.2, -0.15) is 0 Å². The van der Waals surface area contributed by atoms with Crippen LogP contribution >= 0.6 is 0 Å². The highest BCUT2D eigenvalue weighted by atomic mass is 32.2. The average Bonchev–Trinajstić information content (AvgIpc) is 2.51. The number of nitrogens with one attached hydrogen (secondary N) is 1. The number of carbonyl (C=O) groups is 1. The summed E-state index contributed by atoms with van der Waals surface area (Å²) < 4.78 is 24.3. The Hall–Kier alpha value is -2.14. The van der Waals surface area contributed by atoms with E-state index in [0.29, 0.717) is 0 Å². The number of anilines is 1. The molecule has 1 amide bonds. The zero-order valence-corrected chi connectivity index (χ0v) is 13.5. The molecule has 2 aromatic rings. The predicted octanol–water partition coefficient (Wildman–Crippen LogP) is 3.11. The van der Waals surface area contributed by atoms with Crippen LogP contribution in [0.2, 0.25) is 0 Å². The van der Waals surface area contributed by atoms with Gasteiger partial charge in [-0.1, -0.05) is 30.3 Å². The van der Waals surface area contributed by atoms with Crippen LogP contribution in [0.4, 0.5) is 5.69 Å². The lowest BCUT2D eigenvalue weighted by Crippen LogP contribution is -2.18. The summed E-state index contributed by atoms with van der Waals surface area (Å²) in [5, 5.41) is 2.77. The van der Waals surface area contributed by atoms with Crippen molar-refractivity contribution < 1.29 is 13.2 Å². The first-order valence-electron chi connectivity index (χ1n) is 7.04. The van der Waals surface area contributed by atoms with E-state index in [4.69, 9.17) is 0 Å². The molecule has 5 heteroatoms. The fourth-order valence-corrected chi connectivity index (χ4v) is 3.33. The Balaban J connectivity index is 2.00. The van der Waals surface area contributed by atoms with Gasteiger partial charge in [0.25, 0.3) is 0 Å². The molecule has 2 rings (SSSR count). The molecule has 2 aromatic carbocycles. The Morgan fingerprint density at radius 2 is 1.68 bits per heavy atom. The van der Waals surface area contributed by atoms with Crippen LogP contribution in [0, 0.1) is 13.8 Å². The van der Waals surface area contributed by atoms with Crippen LogP contribution in [-0.2, 0) is 14.6 Å². The molecule has 0 aliphatic rings. The zero-order chi connectivity index (χ0) is 16.2. The summed E-state index contributed by atoms with van der Waals surface area (Å²) in [7, 11) is -3.43. The van der Waals surface area contributed by atoms with Crippen LogP contribution in [0.5, 0.6) is 0 Å². The lowest BCUT2D eigenvalue weighted by Gasteiger charge is -2.10. The minimum Gasteiger partial charge on any atom is -0.326 e. The molecule has 0 saturated heterocycles. The van der Waals surface area contributed by atoms with Crippen LogP contribution in [0.15, 0.2) is 53.4 Å². The molecule has 0 aliphatic carbocycles. The molecule has 0 aliphatic heterocycles. The van der Waals surface area contributed by atoms with Gasteiger partial charge in [0.05, 0.1) is 10.6 Å². The van der Waals surface area contributed by atoms with Crippen molar-refractivity contribution in [1.82, 2.24) is 0 Å². The molecule has 116 valence electrons. The summed E-state index contributed by atoms with van der Waals surface area (Å²) in [6.07, 6.45) is -0.0649. The molecule has 22 heavy (non-hydrogen) atoms. The summed E-state index contributed by atoms with van der Waals surface area (Å²) in [6, 6.07) is 13.8. The lowest BCUT2D eigenvalue weighted by atomic mass is 10.1. The summed E-state index contributed by atoms with van der Waals surface area (Å²) in [4.78, 5) is 12.2. The van der Waals surface area contributed by atoms with Crippen LogP contribution in [-0.4, -0.2) is 20.1 Å². The van der Waals surface area contributed by atoms with Crippen LogP contribution in [0.3, 0.4) is 0 Å². The first-order chi connectivity index (χ1) is 10.4. The SMILES string of the molecule is Cc1cccc(NC(=O)CCS(=O)(=O)c2ccccc2)c1C. The van der Waals surface area contributed by atoms with E-state index in [2.05, 4.69) is 5.32 Å². The minimum atomic E-state index is -3.43. The molecule has 0 aromatic heterocycles. The summed E-state index contributed by atoms with van der Waals surface area (Å²) in [6.45, 7) is 3.89. The predicted molar refractivity (Wildman–Crippen MR) is 87.7 cm³/mol. The monoisotopic (exact) mass is 317 g/mol. The van der Waals surface area contributed by atoms with Crippen molar-refractivity contribution in [2.45, 2.75) is 25.2 Å². The fourth-order valence-electron chi connectivity index (χ4n) is 2.07. The van der Waals surface area contributed by atoms with Gasteiger partial charge in [0.1, 0.15) is 0 Å². The number of hydrogen-bond acceptors (Lipinski definition) is 3. The number of hydrogen-bond donors (Lipinski definition) is 1. The Labute approximate surface area is 131 Å². The highest BCUT2D eigenvalue weighted by molar-refractivity contribution is 7.91. The zero-order valence-electron chi connectivity index (χ0n) is 12.7. The van der Waals surface area contributed by atoms with E-state index in [1.807, 2.05) is 32.0 Å².